The molecular weight excluding hydrogens is 513 g/mol. The Balaban J connectivity index is 1.51. The zero-order valence-corrected chi connectivity index (χ0v) is 21.0. The summed E-state index contributed by atoms with van der Waals surface area (Å²) in [4.78, 5) is 19.0. The van der Waals surface area contributed by atoms with Gasteiger partial charge in [-0.3, -0.25) is 0 Å². The highest BCUT2D eigenvalue weighted by molar-refractivity contribution is 7.91. The van der Waals surface area contributed by atoms with Crippen molar-refractivity contribution in [2.24, 2.45) is 5.92 Å². The van der Waals surface area contributed by atoms with Gasteiger partial charge in [0, 0.05) is 17.8 Å². The number of aromatic nitrogens is 4. The van der Waals surface area contributed by atoms with Crippen LogP contribution < -0.4 is 10.1 Å². The molecule has 0 saturated heterocycles. The molecule has 2 aromatic heterocycles. The molecule has 0 unspecified atom stereocenters. The van der Waals surface area contributed by atoms with Crippen molar-refractivity contribution in [2.45, 2.75) is 43.5 Å². The Morgan fingerprint density at radius 2 is 2.03 bits per heavy atom. The van der Waals surface area contributed by atoms with E-state index in [0.717, 1.165) is 31.7 Å². The second-order valence-corrected chi connectivity index (χ2v) is 11.1. The van der Waals surface area contributed by atoms with E-state index in [4.69, 9.17) is 21.4 Å². The number of hydrogen-bond donors (Lipinski definition) is 2. The number of hydrogen-bond acceptors (Lipinski definition) is 7. The highest BCUT2D eigenvalue weighted by Crippen LogP contribution is 2.35. The van der Waals surface area contributed by atoms with Gasteiger partial charge >= 0.3 is 6.09 Å². The predicted octanol–water partition coefficient (Wildman–Crippen LogP) is 4.12. The van der Waals surface area contributed by atoms with Gasteiger partial charge in [-0.25, -0.2) is 32.3 Å². The maximum Gasteiger partial charge on any atom is 0.404 e. The maximum absolute atomic E-state index is 14.7. The Labute approximate surface area is 212 Å². The van der Waals surface area contributed by atoms with Crippen molar-refractivity contribution in [1.82, 2.24) is 25.1 Å². The summed E-state index contributed by atoms with van der Waals surface area (Å²) in [5.41, 5.74) is 0.965. The second-order valence-electron chi connectivity index (χ2n) is 8.51. The van der Waals surface area contributed by atoms with Gasteiger partial charge in [0.05, 0.1) is 23.5 Å². The van der Waals surface area contributed by atoms with Crippen molar-refractivity contribution in [3.8, 4) is 22.7 Å². The van der Waals surface area contributed by atoms with Gasteiger partial charge in [0.25, 0.3) is 0 Å². The van der Waals surface area contributed by atoms with Crippen LogP contribution in [0.25, 0.3) is 16.9 Å². The molecule has 0 bridgehead atoms. The van der Waals surface area contributed by atoms with Crippen molar-refractivity contribution in [3.63, 3.8) is 0 Å². The molecule has 1 aliphatic carbocycles. The Kier molecular flexibility index (Phi) is 7.74. The van der Waals surface area contributed by atoms with Crippen molar-refractivity contribution in [3.05, 3.63) is 47.9 Å². The van der Waals surface area contributed by atoms with Crippen molar-refractivity contribution >= 4 is 27.5 Å². The van der Waals surface area contributed by atoms with Crippen molar-refractivity contribution < 1.29 is 27.4 Å². The first-order valence-corrected chi connectivity index (χ1v) is 13.4. The number of ether oxygens (including phenoxy) is 1. The highest BCUT2D eigenvalue weighted by atomic mass is 35.5. The van der Waals surface area contributed by atoms with Crippen molar-refractivity contribution in [1.29, 1.82) is 0 Å². The Morgan fingerprint density at radius 1 is 1.28 bits per heavy atom. The van der Waals surface area contributed by atoms with Crippen molar-refractivity contribution in [2.75, 3.05) is 12.4 Å². The largest absolute Gasteiger partial charge is 0.488 e. The SMILES string of the molecule is CCS(=O)(=O)c1ccc(-n2cc(-c3ncnc(Cl)c3OCC3CCC(NC(=O)O)CC3)cn2)c(F)c1. The van der Waals surface area contributed by atoms with Gasteiger partial charge in [0.15, 0.2) is 20.7 Å². The molecule has 1 aliphatic rings. The minimum Gasteiger partial charge on any atom is -0.488 e. The van der Waals surface area contributed by atoms with E-state index in [1.165, 1.54) is 36.3 Å². The summed E-state index contributed by atoms with van der Waals surface area (Å²) in [7, 11) is -3.54. The molecule has 36 heavy (non-hydrogen) atoms. The van der Waals surface area contributed by atoms with Gasteiger partial charge in [0.2, 0.25) is 0 Å². The third kappa shape index (κ3) is 5.76. The van der Waals surface area contributed by atoms with Crippen LogP contribution in [0.15, 0.2) is 41.8 Å². The number of halogens is 2. The van der Waals surface area contributed by atoms with Crippen LogP contribution in [0.2, 0.25) is 5.15 Å². The number of benzene rings is 1. The molecule has 2 N–H and O–H groups in total. The van der Waals surface area contributed by atoms with E-state index >= 15 is 0 Å². The number of carbonyl (C=O) groups is 1. The smallest absolute Gasteiger partial charge is 0.404 e. The summed E-state index contributed by atoms with van der Waals surface area (Å²) in [6.07, 6.45) is 6.33. The quantitative estimate of drug-likeness (QED) is 0.409. The molecule has 10 nitrogen and oxygen atoms in total. The molecule has 0 aliphatic heterocycles. The van der Waals surface area contributed by atoms with Crippen LogP contribution in [0.1, 0.15) is 32.6 Å². The van der Waals surface area contributed by atoms with Crippen LogP contribution in [0.4, 0.5) is 9.18 Å². The van der Waals surface area contributed by atoms with E-state index in [9.17, 15) is 17.6 Å². The first kappa shape index (κ1) is 25.8. The number of nitrogens with one attached hydrogen (secondary N) is 1. The van der Waals surface area contributed by atoms with Gasteiger partial charge in [-0.2, -0.15) is 5.10 Å². The monoisotopic (exact) mass is 537 g/mol. The summed E-state index contributed by atoms with van der Waals surface area (Å²) in [5, 5.41) is 15.7. The first-order valence-electron chi connectivity index (χ1n) is 11.4. The molecule has 4 rings (SSSR count). The van der Waals surface area contributed by atoms with Crippen LogP contribution in [-0.2, 0) is 9.84 Å². The fraction of sp³-hybridized carbons (Fsp3) is 0.391. The molecule has 0 atom stereocenters. The molecular formula is C23H25ClFN5O5S. The summed E-state index contributed by atoms with van der Waals surface area (Å²) < 4.78 is 46.1. The van der Waals surface area contributed by atoms with E-state index in [2.05, 4.69) is 20.4 Å². The predicted molar refractivity (Wildman–Crippen MR) is 130 cm³/mol. The average Bonchev–Trinajstić information content (AvgIpc) is 3.33. The van der Waals surface area contributed by atoms with Gasteiger partial charge in [-0.1, -0.05) is 18.5 Å². The van der Waals surface area contributed by atoms with E-state index in [-0.39, 0.29) is 39.2 Å². The lowest BCUT2D eigenvalue weighted by molar-refractivity contribution is 0.169. The lowest BCUT2D eigenvalue weighted by Crippen LogP contribution is -2.37. The lowest BCUT2D eigenvalue weighted by Gasteiger charge is -2.28. The summed E-state index contributed by atoms with van der Waals surface area (Å²) in [5.74, 6) is -0.371. The Hall–Kier alpha value is -3.25. The summed E-state index contributed by atoms with van der Waals surface area (Å²) in [6, 6.07) is 3.62. The third-order valence-corrected chi connectivity index (χ3v) is 8.16. The standard InChI is InChI=1S/C23H25ClFN5O5S/c1-2-36(33,34)17-7-8-19(18(25)9-17)30-11-15(10-28-30)20-21(22(24)27-13-26-20)35-12-14-3-5-16(6-4-14)29-23(31)32/h7-11,13-14,16,29H,2-6,12H2,1H3,(H,31,32). The minimum absolute atomic E-state index is 0.0552. The fourth-order valence-electron chi connectivity index (χ4n) is 4.15. The van der Waals surface area contributed by atoms with E-state index < -0.39 is 21.7 Å². The molecule has 2 heterocycles. The first-order chi connectivity index (χ1) is 17.2. The number of nitrogens with zero attached hydrogens (tertiary/aromatic N) is 4. The van der Waals surface area contributed by atoms with Gasteiger partial charge in [-0.05, 0) is 49.8 Å². The summed E-state index contributed by atoms with van der Waals surface area (Å²) in [6.45, 7) is 1.85. The number of carboxylic acid groups (broad SMARTS) is 1. The molecule has 0 radical (unpaired) electrons. The van der Waals surface area contributed by atoms with E-state index in [0.29, 0.717) is 17.9 Å². The molecule has 1 amide bonds. The van der Waals surface area contributed by atoms with Crippen LogP contribution in [-0.4, -0.2) is 57.8 Å². The van der Waals surface area contributed by atoms with E-state index in [1.54, 1.807) is 6.20 Å². The second kappa shape index (κ2) is 10.8. The van der Waals surface area contributed by atoms with Crippen LogP contribution in [0.5, 0.6) is 5.75 Å². The zero-order chi connectivity index (χ0) is 25.9. The third-order valence-electron chi connectivity index (χ3n) is 6.16. The Bertz CT molecular complexity index is 1360. The van der Waals surface area contributed by atoms with Crippen LogP contribution in [0, 0.1) is 11.7 Å². The molecule has 1 aromatic carbocycles. The molecule has 1 fully saturated rings. The van der Waals surface area contributed by atoms with Crippen LogP contribution >= 0.6 is 11.6 Å². The number of amides is 1. The number of sulfone groups is 1. The van der Waals surface area contributed by atoms with Gasteiger partial charge in [0.1, 0.15) is 23.5 Å². The molecule has 3 aromatic rings. The lowest BCUT2D eigenvalue weighted by atomic mass is 9.86. The molecule has 1 saturated carbocycles. The number of rotatable bonds is 8. The van der Waals surface area contributed by atoms with Gasteiger partial charge < -0.3 is 15.2 Å². The topological polar surface area (TPSA) is 136 Å². The maximum atomic E-state index is 14.7. The highest BCUT2D eigenvalue weighted by Gasteiger charge is 2.24. The van der Waals surface area contributed by atoms with E-state index in [1.807, 2.05) is 0 Å². The minimum atomic E-state index is -3.54. The molecule has 0 spiro atoms. The average molecular weight is 538 g/mol. The fourth-order valence-corrected chi connectivity index (χ4v) is 5.22. The zero-order valence-electron chi connectivity index (χ0n) is 19.4. The van der Waals surface area contributed by atoms with Crippen LogP contribution in [0.3, 0.4) is 0 Å². The normalized spacial score (nSPS) is 18.1. The van der Waals surface area contributed by atoms with Gasteiger partial charge in [-0.15, -0.1) is 0 Å². The molecule has 13 heteroatoms. The molecule has 192 valence electrons. The Morgan fingerprint density at radius 3 is 2.69 bits per heavy atom. The summed E-state index contributed by atoms with van der Waals surface area (Å²) >= 11 is 6.30.